The third-order valence-electron chi connectivity index (χ3n) is 6.10. The summed E-state index contributed by atoms with van der Waals surface area (Å²) in [5.74, 6) is 1.78. The van der Waals surface area contributed by atoms with Gasteiger partial charge in [0.2, 0.25) is 0 Å². The maximum atomic E-state index is 15.0. The van der Waals surface area contributed by atoms with Crippen LogP contribution in [0.2, 0.25) is 0 Å². The first kappa shape index (κ1) is 22.0. The van der Waals surface area contributed by atoms with Gasteiger partial charge in [-0.3, -0.25) is 4.90 Å². The van der Waals surface area contributed by atoms with E-state index in [1.165, 1.54) is 17.0 Å². The Morgan fingerprint density at radius 1 is 1.19 bits per heavy atom. The monoisotopic (exact) mass is 455 g/mol. The number of thioether (sulfide) groups is 1. The Kier molecular flexibility index (Phi) is 6.74. The van der Waals surface area contributed by atoms with Gasteiger partial charge >= 0.3 is 12.2 Å². The van der Waals surface area contributed by atoms with Crippen LogP contribution in [0.5, 0.6) is 0 Å². The summed E-state index contributed by atoms with van der Waals surface area (Å²) in [5.41, 5.74) is 0.0877. The molecule has 3 saturated heterocycles. The standard InChI is InChI=1S/C21H27F2N3O4S/c1-2-29-20(27)24-9-16-12-26(21(28)30-16)15-7-17(22)19(18(23)8-15)25-10-13-3-5-31-6-4-14(13)11-25/h7-8,13-14,16H,2-6,9-12H2,1H3,(H,24,27)/t13?,14?,16-/m0/s1. The maximum absolute atomic E-state index is 15.0. The van der Waals surface area contributed by atoms with Gasteiger partial charge < -0.3 is 19.7 Å². The second-order valence-corrected chi connectivity index (χ2v) is 9.32. The second kappa shape index (κ2) is 9.50. The van der Waals surface area contributed by atoms with E-state index in [0.717, 1.165) is 24.3 Å². The molecule has 0 aromatic heterocycles. The number of anilines is 2. The molecule has 4 rings (SSSR count). The number of hydrogen-bond acceptors (Lipinski definition) is 6. The molecule has 1 N–H and O–H groups in total. The van der Waals surface area contributed by atoms with Gasteiger partial charge in [0, 0.05) is 25.2 Å². The zero-order valence-corrected chi connectivity index (χ0v) is 18.3. The third-order valence-corrected chi connectivity index (χ3v) is 7.14. The number of nitrogens with one attached hydrogen (secondary N) is 1. The lowest BCUT2D eigenvalue weighted by Gasteiger charge is -2.22. The van der Waals surface area contributed by atoms with Crippen LogP contribution in [0, 0.1) is 23.5 Å². The Bertz CT molecular complexity index is 806. The smallest absolute Gasteiger partial charge is 0.414 e. The molecule has 3 fully saturated rings. The van der Waals surface area contributed by atoms with E-state index in [0.29, 0.717) is 24.9 Å². The average Bonchev–Trinajstić information content (AvgIpc) is 3.22. The number of ether oxygens (including phenoxy) is 2. The van der Waals surface area contributed by atoms with Gasteiger partial charge in [-0.1, -0.05) is 0 Å². The van der Waals surface area contributed by atoms with E-state index in [9.17, 15) is 18.4 Å². The van der Waals surface area contributed by atoms with Crippen molar-refractivity contribution >= 4 is 35.3 Å². The van der Waals surface area contributed by atoms with Crippen LogP contribution in [0.25, 0.3) is 0 Å². The molecule has 0 saturated carbocycles. The fourth-order valence-corrected chi connectivity index (χ4v) is 5.72. The molecule has 2 amide bonds. The van der Waals surface area contributed by atoms with E-state index < -0.39 is 29.9 Å². The fourth-order valence-electron chi connectivity index (χ4n) is 4.57. The van der Waals surface area contributed by atoms with Gasteiger partial charge in [0.1, 0.15) is 11.8 Å². The molecule has 1 aromatic carbocycles. The molecule has 2 unspecified atom stereocenters. The van der Waals surface area contributed by atoms with Crippen molar-refractivity contribution in [1.82, 2.24) is 5.32 Å². The summed E-state index contributed by atoms with van der Waals surface area (Å²) in [4.78, 5) is 26.6. The first-order valence-electron chi connectivity index (χ1n) is 10.7. The number of hydrogen-bond donors (Lipinski definition) is 1. The molecule has 3 aliphatic rings. The van der Waals surface area contributed by atoms with Crippen LogP contribution in [0.1, 0.15) is 19.8 Å². The van der Waals surface area contributed by atoms with Gasteiger partial charge in [-0.2, -0.15) is 11.8 Å². The summed E-state index contributed by atoms with van der Waals surface area (Å²) in [5, 5.41) is 2.49. The highest BCUT2D eigenvalue weighted by atomic mass is 32.2. The van der Waals surface area contributed by atoms with E-state index in [2.05, 4.69) is 5.32 Å². The van der Waals surface area contributed by atoms with Gasteiger partial charge in [-0.25, -0.2) is 18.4 Å². The zero-order valence-electron chi connectivity index (χ0n) is 17.4. The summed E-state index contributed by atoms with van der Waals surface area (Å²) < 4.78 is 40.0. The van der Waals surface area contributed by atoms with Crippen molar-refractivity contribution in [3.8, 4) is 0 Å². The number of fused-ring (bicyclic) bond motifs is 1. The van der Waals surface area contributed by atoms with Crippen molar-refractivity contribution in [2.45, 2.75) is 25.9 Å². The number of benzene rings is 1. The SMILES string of the molecule is CCOC(=O)NC[C@H]1CN(c2cc(F)c(N3CC4CCSCCC4C3)c(F)c2)C(=O)O1. The first-order valence-corrected chi connectivity index (χ1v) is 11.8. The molecule has 7 nitrogen and oxygen atoms in total. The van der Waals surface area contributed by atoms with Gasteiger partial charge in [0.05, 0.1) is 25.4 Å². The highest BCUT2D eigenvalue weighted by Crippen LogP contribution is 2.39. The molecule has 0 radical (unpaired) electrons. The van der Waals surface area contributed by atoms with E-state index in [1.54, 1.807) is 6.92 Å². The van der Waals surface area contributed by atoms with Gasteiger partial charge in [0.25, 0.3) is 0 Å². The molecule has 3 heterocycles. The highest BCUT2D eigenvalue weighted by Gasteiger charge is 2.37. The summed E-state index contributed by atoms with van der Waals surface area (Å²) in [7, 11) is 0. The van der Waals surface area contributed by atoms with Gasteiger partial charge in [-0.05, 0) is 43.1 Å². The zero-order chi connectivity index (χ0) is 22.0. The van der Waals surface area contributed by atoms with Gasteiger partial charge in [0.15, 0.2) is 11.6 Å². The van der Waals surface area contributed by atoms with Crippen LogP contribution < -0.4 is 15.1 Å². The number of carbonyl (C=O) groups is 2. The van der Waals surface area contributed by atoms with Crippen molar-refractivity contribution in [2.24, 2.45) is 11.8 Å². The Morgan fingerprint density at radius 2 is 1.84 bits per heavy atom. The van der Waals surface area contributed by atoms with Crippen LogP contribution in [0.3, 0.4) is 0 Å². The molecule has 0 aliphatic carbocycles. The summed E-state index contributed by atoms with van der Waals surface area (Å²) >= 11 is 1.95. The van der Waals surface area contributed by atoms with Crippen LogP contribution in [0.4, 0.5) is 29.7 Å². The molecule has 0 bridgehead atoms. The second-order valence-electron chi connectivity index (χ2n) is 8.09. The molecule has 0 spiro atoms. The topological polar surface area (TPSA) is 71.1 Å². The van der Waals surface area contributed by atoms with Crippen molar-refractivity contribution in [3.63, 3.8) is 0 Å². The first-order chi connectivity index (χ1) is 15.0. The number of amides is 2. The predicted octanol–water partition coefficient (Wildman–Crippen LogP) is 3.62. The minimum Gasteiger partial charge on any atom is -0.450 e. The highest BCUT2D eigenvalue weighted by molar-refractivity contribution is 7.99. The van der Waals surface area contributed by atoms with E-state index >= 15 is 0 Å². The molecule has 31 heavy (non-hydrogen) atoms. The minimum atomic E-state index is -0.705. The average molecular weight is 456 g/mol. The number of alkyl carbamates (subject to hydrolysis) is 1. The van der Waals surface area contributed by atoms with Crippen LogP contribution in [0.15, 0.2) is 12.1 Å². The van der Waals surface area contributed by atoms with Crippen LogP contribution in [-0.4, -0.2) is 62.6 Å². The van der Waals surface area contributed by atoms with E-state index in [-0.39, 0.29) is 31.1 Å². The third kappa shape index (κ3) is 4.83. The van der Waals surface area contributed by atoms with E-state index in [1.807, 2.05) is 16.7 Å². The van der Waals surface area contributed by atoms with Crippen LogP contribution >= 0.6 is 11.8 Å². The Balaban J connectivity index is 1.44. The predicted molar refractivity (Wildman–Crippen MR) is 115 cm³/mol. The number of carbonyl (C=O) groups excluding carboxylic acids is 2. The van der Waals surface area contributed by atoms with Crippen LogP contribution in [-0.2, 0) is 9.47 Å². The van der Waals surface area contributed by atoms with Crippen molar-refractivity contribution in [1.29, 1.82) is 0 Å². The Hall–Kier alpha value is -2.23. The summed E-state index contributed by atoms with van der Waals surface area (Å²) in [6.45, 7) is 3.36. The number of rotatable bonds is 5. The fraction of sp³-hybridized carbons (Fsp3) is 0.619. The van der Waals surface area contributed by atoms with E-state index in [4.69, 9.17) is 9.47 Å². The lowest BCUT2D eigenvalue weighted by molar-refractivity contribution is 0.127. The lowest BCUT2D eigenvalue weighted by Crippen LogP contribution is -2.35. The Labute approximate surface area is 184 Å². The van der Waals surface area contributed by atoms with Crippen molar-refractivity contribution in [3.05, 3.63) is 23.8 Å². The molecular weight excluding hydrogens is 428 g/mol. The molecular formula is C21H27F2N3O4S. The van der Waals surface area contributed by atoms with Gasteiger partial charge in [-0.15, -0.1) is 0 Å². The number of nitrogens with zero attached hydrogens (tertiary/aromatic N) is 2. The normalized spacial score (nSPS) is 25.8. The molecule has 170 valence electrons. The number of cyclic esters (lactones) is 1. The van der Waals surface area contributed by atoms with Crippen molar-refractivity contribution in [2.75, 3.05) is 54.1 Å². The molecule has 10 heteroatoms. The summed E-state index contributed by atoms with van der Waals surface area (Å²) in [6, 6.07) is 2.37. The minimum absolute atomic E-state index is 0.0161. The quantitative estimate of drug-likeness (QED) is 0.732. The summed E-state index contributed by atoms with van der Waals surface area (Å²) in [6.07, 6.45) is 0.204. The largest absolute Gasteiger partial charge is 0.450 e. The number of halogens is 2. The Morgan fingerprint density at radius 3 is 2.45 bits per heavy atom. The molecule has 3 aliphatic heterocycles. The maximum Gasteiger partial charge on any atom is 0.414 e. The molecule has 3 atom stereocenters. The molecule has 1 aromatic rings. The van der Waals surface area contributed by atoms with Crippen molar-refractivity contribution < 1.29 is 27.8 Å². The lowest BCUT2D eigenvalue weighted by atomic mass is 9.92.